The van der Waals surface area contributed by atoms with Crippen LogP contribution in [0.15, 0.2) is 0 Å². The number of unbranched alkanes of at least 4 members (excludes halogenated alkanes) is 14. The molecule has 0 aliphatic heterocycles. The van der Waals surface area contributed by atoms with E-state index in [4.69, 9.17) is 5.11 Å². The number of carbonyl (C=O) groups is 2. The number of rotatable bonds is 22. The molecule has 0 radical (unpaired) electrons. The average molecular weight is 427 g/mol. The van der Waals surface area contributed by atoms with Crippen LogP contribution in [0.4, 0.5) is 0 Å². The Morgan fingerprint density at radius 2 is 1.07 bits per heavy atom. The number of amides is 1. The summed E-state index contributed by atoms with van der Waals surface area (Å²) in [6.45, 7) is 3.49. The lowest BCUT2D eigenvalue weighted by Crippen LogP contribution is -2.37. The van der Waals surface area contributed by atoms with Crippen molar-refractivity contribution in [2.45, 2.75) is 116 Å². The van der Waals surface area contributed by atoms with E-state index in [-0.39, 0.29) is 12.5 Å². The van der Waals surface area contributed by atoms with Crippen molar-refractivity contribution in [2.75, 3.05) is 33.7 Å². The van der Waals surface area contributed by atoms with Crippen molar-refractivity contribution in [3.05, 3.63) is 0 Å². The maximum absolute atomic E-state index is 12.3. The summed E-state index contributed by atoms with van der Waals surface area (Å²) >= 11 is 0. The molecule has 0 aromatic rings. The van der Waals surface area contributed by atoms with Gasteiger partial charge in [-0.3, -0.25) is 9.59 Å². The molecule has 0 rings (SSSR count). The van der Waals surface area contributed by atoms with Crippen molar-refractivity contribution < 1.29 is 14.7 Å². The van der Waals surface area contributed by atoms with Crippen LogP contribution in [0.5, 0.6) is 0 Å². The van der Waals surface area contributed by atoms with Gasteiger partial charge in [0.2, 0.25) is 5.91 Å². The van der Waals surface area contributed by atoms with Crippen molar-refractivity contribution in [1.82, 2.24) is 9.80 Å². The molecule has 0 atom stereocenters. The summed E-state index contributed by atoms with van der Waals surface area (Å²) in [6, 6.07) is 0. The molecule has 1 N–H and O–H groups in total. The summed E-state index contributed by atoms with van der Waals surface area (Å²) < 4.78 is 0. The van der Waals surface area contributed by atoms with Crippen LogP contribution in [0.25, 0.3) is 0 Å². The standard InChI is InChI=1S/C25H50N2O3/c1-4-5-6-7-8-9-10-11-12-13-14-15-16-17-18-20-24(28)27(23-25(29)30)22-19-21-26(2)3/h4-23H2,1-3H3,(H,29,30). The highest BCUT2D eigenvalue weighted by molar-refractivity contribution is 5.81. The Hall–Kier alpha value is -1.10. The summed E-state index contributed by atoms with van der Waals surface area (Å²) in [6.07, 6.45) is 20.9. The second-order valence-electron chi connectivity index (χ2n) is 9.07. The minimum Gasteiger partial charge on any atom is -0.480 e. The Bertz CT molecular complexity index is 413. The highest BCUT2D eigenvalue weighted by atomic mass is 16.4. The molecule has 1 amide bonds. The fraction of sp³-hybridized carbons (Fsp3) is 0.920. The Morgan fingerprint density at radius 1 is 0.633 bits per heavy atom. The van der Waals surface area contributed by atoms with Crippen molar-refractivity contribution in [2.24, 2.45) is 0 Å². The lowest BCUT2D eigenvalue weighted by atomic mass is 10.0. The van der Waals surface area contributed by atoms with E-state index in [1.54, 1.807) is 0 Å². The molecule has 0 spiro atoms. The number of nitrogens with zero attached hydrogens (tertiary/aromatic N) is 2. The van der Waals surface area contributed by atoms with E-state index in [0.29, 0.717) is 13.0 Å². The Morgan fingerprint density at radius 3 is 1.47 bits per heavy atom. The van der Waals surface area contributed by atoms with E-state index in [9.17, 15) is 9.59 Å². The summed E-state index contributed by atoms with van der Waals surface area (Å²) in [5, 5.41) is 9.04. The van der Waals surface area contributed by atoms with Crippen molar-refractivity contribution in [3.8, 4) is 0 Å². The van der Waals surface area contributed by atoms with Gasteiger partial charge in [0.25, 0.3) is 0 Å². The van der Waals surface area contributed by atoms with Gasteiger partial charge in [-0.25, -0.2) is 0 Å². The molecule has 0 heterocycles. The van der Waals surface area contributed by atoms with Gasteiger partial charge in [0, 0.05) is 13.0 Å². The largest absolute Gasteiger partial charge is 0.480 e. The Kier molecular flexibility index (Phi) is 20.4. The first-order valence-corrected chi connectivity index (χ1v) is 12.6. The summed E-state index contributed by atoms with van der Waals surface area (Å²) in [5.41, 5.74) is 0. The molecule has 30 heavy (non-hydrogen) atoms. The van der Waals surface area contributed by atoms with Crippen molar-refractivity contribution in [3.63, 3.8) is 0 Å². The fourth-order valence-corrected chi connectivity index (χ4v) is 3.84. The van der Waals surface area contributed by atoms with Gasteiger partial charge in [0.1, 0.15) is 6.54 Å². The van der Waals surface area contributed by atoms with Crippen LogP contribution in [0, 0.1) is 0 Å². The molecule has 0 aromatic carbocycles. The lowest BCUT2D eigenvalue weighted by molar-refractivity contribution is -0.144. The number of carboxylic acids is 1. The molecule has 0 saturated carbocycles. The summed E-state index contributed by atoms with van der Waals surface area (Å²) in [5.74, 6) is -0.935. The Labute approximate surface area is 186 Å². The molecule has 0 fully saturated rings. The van der Waals surface area contributed by atoms with Gasteiger partial charge in [-0.2, -0.15) is 0 Å². The maximum atomic E-state index is 12.3. The third-order valence-corrected chi connectivity index (χ3v) is 5.71. The first kappa shape index (κ1) is 28.9. The molecular formula is C25H50N2O3. The van der Waals surface area contributed by atoms with Gasteiger partial charge in [0.15, 0.2) is 0 Å². The third kappa shape index (κ3) is 20.2. The summed E-state index contributed by atoms with van der Waals surface area (Å²) in [7, 11) is 3.97. The van der Waals surface area contributed by atoms with Crippen LogP contribution in [-0.4, -0.2) is 60.5 Å². The van der Waals surface area contributed by atoms with Gasteiger partial charge < -0.3 is 14.9 Å². The minimum atomic E-state index is -0.926. The predicted octanol–water partition coefficient (Wildman–Crippen LogP) is 6.11. The highest BCUT2D eigenvalue weighted by Gasteiger charge is 2.16. The topological polar surface area (TPSA) is 60.9 Å². The molecule has 178 valence electrons. The molecular weight excluding hydrogens is 376 g/mol. The van der Waals surface area contributed by atoms with Crippen LogP contribution in [0.3, 0.4) is 0 Å². The number of carbonyl (C=O) groups excluding carboxylic acids is 1. The van der Waals surface area contributed by atoms with E-state index in [2.05, 4.69) is 11.8 Å². The third-order valence-electron chi connectivity index (χ3n) is 5.71. The zero-order valence-electron chi connectivity index (χ0n) is 20.3. The van der Waals surface area contributed by atoms with Crippen molar-refractivity contribution >= 4 is 11.9 Å². The first-order valence-electron chi connectivity index (χ1n) is 12.6. The normalized spacial score (nSPS) is 11.2. The molecule has 5 heteroatoms. The van der Waals surface area contributed by atoms with E-state index in [1.165, 1.54) is 88.4 Å². The molecule has 0 saturated heterocycles. The van der Waals surface area contributed by atoms with E-state index >= 15 is 0 Å². The van der Waals surface area contributed by atoms with Gasteiger partial charge in [-0.1, -0.05) is 96.8 Å². The van der Waals surface area contributed by atoms with E-state index < -0.39 is 5.97 Å². The monoisotopic (exact) mass is 426 g/mol. The van der Waals surface area contributed by atoms with Crippen LogP contribution >= 0.6 is 0 Å². The molecule has 0 aliphatic rings. The molecule has 5 nitrogen and oxygen atoms in total. The van der Waals surface area contributed by atoms with Gasteiger partial charge in [-0.15, -0.1) is 0 Å². The lowest BCUT2D eigenvalue weighted by Gasteiger charge is -2.21. The van der Waals surface area contributed by atoms with Gasteiger partial charge in [-0.05, 0) is 33.5 Å². The smallest absolute Gasteiger partial charge is 0.323 e. The van der Waals surface area contributed by atoms with Crippen LogP contribution in [0.1, 0.15) is 116 Å². The van der Waals surface area contributed by atoms with Crippen LogP contribution < -0.4 is 0 Å². The first-order chi connectivity index (χ1) is 14.5. The van der Waals surface area contributed by atoms with Crippen LogP contribution in [0.2, 0.25) is 0 Å². The number of hydrogen-bond acceptors (Lipinski definition) is 3. The van der Waals surface area contributed by atoms with Gasteiger partial charge >= 0.3 is 5.97 Å². The second kappa shape index (κ2) is 21.1. The molecule has 0 aliphatic carbocycles. The predicted molar refractivity (Wildman–Crippen MR) is 127 cm³/mol. The zero-order chi connectivity index (χ0) is 22.5. The van der Waals surface area contributed by atoms with Crippen molar-refractivity contribution in [1.29, 1.82) is 0 Å². The second-order valence-corrected chi connectivity index (χ2v) is 9.07. The van der Waals surface area contributed by atoms with E-state index in [1.807, 2.05) is 14.1 Å². The maximum Gasteiger partial charge on any atom is 0.323 e. The minimum absolute atomic E-state index is 0.00847. The van der Waals surface area contributed by atoms with Crippen LogP contribution in [-0.2, 0) is 9.59 Å². The fourth-order valence-electron chi connectivity index (χ4n) is 3.84. The molecule has 0 aromatic heterocycles. The SMILES string of the molecule is CCCCCCCCCCCCCCCCCC(=O)N(CCCN(C)C)CC(=O)O. The quantitative estimate of drug-likeness (QED) is 0.212. The van der Waals surface area contributed by atoms with Gasteiger partial charge in [0.05, 0.1) is 0 Å². The van der Waals surface area contributed by atoms with E-state index in [0.717, 1.165) is 25.8 Å². The number of aliphatic carboxylic acids is 1. The Balaban J connectivity index is 3.57. The molecule has 0 unspecified atom stereocenters. The summed E-state index contributed by atoms with van der Waals surface area (Å²) in [4.78, 5) is 26.9. The average Bonchev–Trinajstić information content (AvgIpc) is 2.69. The highest BCUT2D eigenvalue weighted by Crippen LogP contribution is 2.14. The number of carboxylic acid groups (broad SMARTS) is 1. The zero-order valence-corrected chi connectivity index (χ0v) is 20.3. The molecule has 0 bridgehead atoms. The number of hydrogen-bond donors (Lipinski definition) is 1.